The van der Waals surface area contributed by atoms with E-state index < -0.39 is 5.82 Å². The predicted molar refractivity (Wildman–Crippen MR) is 124 cm³/mol. The molecule has 1 aliphatic rings. The van der Waals surface area contributed by atoms with Crippen molar-refractivity contribution >= 4 is 23.0 Å². The minimum atomic E-state index is -0.395. The van der Waals surface area contributed by atoms with Crippen LogP contribution in [0.2, 0.25) is 0 Å². The van der Waals surface area contributed by atoms with Gasteiger partial charge < -0.3 is 16.0 Å². The van der Waals surface area contributed by atoms with E-state index in [1.54, 1.807) is 16.8 Å². The van der Waals surface area contributed by atoms with Crippen LogP contribution in [0.4, 0.5) is 10.1 Å². The Labute approximate surface area is 192 Å². The molecule has 3 N–H and O–H groups in total. The van der Waals surface area contributed by atoms with Gasteiger partial charge >= 0.3 is 0 Å². The van der Waals surface area contributed by atoms with Crippen LogP contribution in [-0.4, -0.2) is 44.5 Å². The molecule has 0 aliphatic heterocycles. The van der Waals surface area contributed by atoms with Crippen LogP contribution < -0.4 is 16.0 Å². The molecule has 0 atom stereocenters. The lowest BCUT2D eigenvalue weighted by Gasteiger charge is -2.29. The zero-order valence-corrected chi connectivity index (χ0v) is 19.1. The van der Waals surface area contributed by atoms with Crippen molar-refractivity contribution in [2.45, 2.75) is 64.6 Å². The van der Waals surface area contributed by atoms with Crippen LogP contribution in [0.3, 0.4) is 0 Å². The maximum atomic E-state index is 13.3. The Morgan fingerprint density at radius 3 is 2.39 bits per heavy atom. The van der Waals surface area contributed by atoms with Gasteiger partial charge in [-0.2, -0.15) is 5.10 Å². The van der Waals surface area contributed by atoms with E-state index >= 15 is 0 Å². The largest absolute Gasteiger partial charge is 0.380 e. The van der Waals surface area contributed by atoms with E-state index in [4.69, 9.17) is 0 Å². The highest BCUT2D eigenvalue weighted by Gasteiger charge is 2.25. The van der Waals surface area contributed by atoms with Gasteiger partial charge in [-0.15, -0.1) is 0 Å². The molecule has 3 aromatic heterocycles. The Bertz CT molecular complexity index is 1150. The number of halogens is 1. The van der Waals surface area contributed by atoms with E-state index in [2.05, 4.69) is 26.0 Å². The summed E-state index contributed by atoms with van der Waals surface area (Å²) < 4.78 is 15.0. The second kappa shape index (κ2) is 9.56. The second-order valence-corrected chi connectivity index (χ2v) is 8.88. The van der Waals surface area contributed by atoms with E-state index in [0.29, 0.717) is 16.9 Å². The quantitative estimate of drug-likeness (QED) is 0.531. The molecule has 8 nitrogen and oxygen atoms in total. The van der Waals surface area contributed by atoms with Gasteiger partial charge in [-0.05, 0) is 57.7 Å². The second-order valence-electron chi connectivity index (χ2n) is 8.88. The van der Waals surface area contributed by atoms with Crippen LogP contribution in [-0.2, 0) is 4.79 Å². The molecular weight excluding hydrogens is 423 g/mol. The number of nitrogens with one attached hydrogen (secondary N) is 3. The molecule has 0 bridgehead atoms. The summed E-state index contributed by atoms with van der Waals surface area (Å²) in [4.78, 5) is 28.6. The lowest BCUT2D eigenvalue weighted by molar-refractivity contribution is -0.119. The first-order chi connectivity index (χ1) is 15.8. The number of aromatic nitrogens is 3. The molecule has 0 radical (unpaired) electrons. The molecule has 9 heteroatoms. The molecule has 2 amide bonds. The number of rotatable bonds is 6. The van der Waals surface area contributed by atoms with Gasteiger partial charge in [0, 0.05) is 36.8 Å². The highest BCUT2D eigenvalue weighted by atomic mass is 19.1. The zero-order chi connectivity index (χ0) is 23.5. The van der Waals surface area contributed by atoms with Crippen LogP contribution in [0, 0.1) is 5.82 Å². The fraction of sp³-hybridized carbons (Fsp3) is 0.417. The van der Waals surface area contributed by atoms with Crippen LogP contribution >= 0.6 is 0 Å². The van der Waals surface area contributed by atoms with Crippen molar-refractivity contribution in [2.75, 3.05) is 5.32 Å². The standard InChI is InChI=1S/C24H29FN6O2/c1-14(2)28-23-20(24(33)30-19-7-5-18(6-8-19)29-15(3)32)12-27-31-13-16(10-22(23)31)21-9-4-17(25)11-26-21/h4,9-14,18-19,28H,5-8H2,1-3H3,(H,29,32)(H,30,33). The maximum absolute atomic E-state index is 13.3. The van der Waals surface area contributed by atoms with Crippen LogP contribution in [0.1, 0.15) is 56.8 Å². The van der Waals surface area contributed by atoms with Gasteiger partial charge in [-0.3, -0.25) is 14.6 Å². The smallest absolute Gasteiger partial charge is 0.255 e. The third kappa shape index (κ3) is 5.30. The minimum absolute atomic E-state index is 0.0198. The van der Waals surface area contributed by atoms with Gasteiger partial charge in [0.15, 0.2) is 0 Å². The average molecular weight is 453 g/mol. The lowest BCUT2D eigenvalue weighted by Crippen LogP contribution is -2.43. The number of hydrogen-bond acceptors (Lipinski definition) is 5. The summed E-state index contributed by atoms with van der Waals surface area (Å²) in [6, 6.07) is 5.20. The molecule has 1 fully saturated rings. The van der Waals surface area contributed by atoms with Gasteiger partial charge in [0.1, 0.15) is 5.82 Å². The van der Waals surface area contributed by atoms with Gasteiger partial charge in [0.2, 0.25) is 5.91 Å². The molecule has 0 saturated heterocycles. The predicted octanol–water partition coefficient (Wildman–Crippen LogP) is 3.53. The molecule has 1 aliphatic carbocycles. The van der Waals surface area contributed by atoms with E-state index in [9.17, 15) is 14.0 Å². The Morgan fingerprint density at radius 1 is 1.09 bits per heavy atom. The molecule has 33 heavy (non-hydrogen) atoms. The third-order valence-corrected chi connectivity index (χ3v) is 5.81. The number of fused-ring (bicyclic) bond motifs is 1. The molecule has 0 aromatic carbocycles. The zero-order valence-electron chi connectivity index (χ0n) is 19.1. The third-order valence-electron chi connectivity index (χ3n) is 5.81. The van der Waals surface area contributed by atoms with Gasteiger partial charge in [0.25, 0.3) is 5.91 Å². The number of carbonyl (C=O) groups excluding carboxylic acids is 2. The number of hydrogen-bond donors (Lipinski definition) is 3. The highest BCUT2D eigenvalue weighted by molar-refractivity contribution is 6.03. The first kappa shape index (κ1) is 22.7. The van der Waals surface area contributed by atoms with Crippen molar-refractivity contribution in [2.24, 2.45) is 0 Å². The van der Waals surface area contributed by atoms with Crippen molar-refractivity contribution < 1.29 is 14.0 Å². The van der Waals surface area contributed by atoms with Crippen LogP contribution in [0.25, 0.3) is 16.8 Å². The first-order valence-corrected chi connectivity index (χ1v) is 11.3. The van der Waals surface area contributed by atoms with Crippen molar-refractivity contribution in [3.8, 4) is 11.3 Å². The monoisotopic (exact) mass is 452 g/mol. The fourth-order valence-electron chi connectivity index (χ4n) is 4.29. The summed E-state index contributed by atoms with van der Waals surface area (Å²) in [6.45, 7) is 5.54. The highest BCUT2D eigenvalue weighted by Crippen LogP contribution is 2.29. The number of pyridine rings is 1. The summed E-state index contributed by atoms with van der Waals surface area (Å²) in [5.41, 5.74) is 3.31. The molecular formula is C24H29FN6O2. The summed E-state index contributed by atoms with van der Waals surface area (Å²) in [6.07, 6.45) is 7.86. The molecule has 174 valence electrons. The fourth-order valence-corrected chi connectivity index (χ4v) is 4.29. The molecule has 3 aromatic rings. The van der Waals surface area contributed by atoms with Crippen LogP contribution in [0.15, 0.2) is 36.8 Å². The number of nitrogens with zero attached hydrogens (tertiary/aromatic N) is 3. The van der Waals surface area contributed by atoms with E-state index in [1.165, 1.54) is 19.2 Å². The maximum Gasteiger partial charge on any atom is 0.255 e. The Morgan fingerprint density at radius 2 is 1.79 bits per heavy atom. The van der Waals surface area contributed by atoms with Gasteiger partial charge in [-0.1, -0.05) is 0 Å². The molecule has 0 unspecified atom stereocenters. The summed E-state index contributed by atoms with van der Waals surface area (Å²) in [5.74, 6) is -0.597. The number of anilines is 1. The SMILES string of the molecule is CC(=O)NC1CCC(NC(=O)c2cnn3cc(-c4ccc(F)cn4)cc3c2NC(C)C)CC1. The van der Waals surface area contributed by atoms with E-state index in [-0.39, 0.29) is 29.9 Å². The van der Waals surface area contributed by atoms with Crippen molar-refractivity contribution in [1.82, 2.24) is 25.2 Å². The number of amides is 2. The van der Waals surface area contributed by atoms with Crippen LogP contribution in [0.5, 0.6) is 0 Å². The first-order valence-electron chi connectivity index (χ1n) is 11.3. The average Bonchev–Trinajstić information content (AvgIpc) is 3.20. The molecule has 4 rings (SSSR count). The summed E-state index contributed by atoms with van der Waals surface area (Å²) in [7, 11) is 0. The lowest BCUT2D eigenvalue weighted by atomic mass is 9.91. The number of carbonyl (C=O) groups is 2. The van der Waals surface area contributed by atoms with Crippen molar-refractivity contribution in [1.29, 1.82) is 0 Å². The molecule has 1 saturated carbocycles. The minimum Gasteiger partial charge on any atom is -0.380 e. The Hall–Kier alpha value is -3.49. The van der Waals surface area contributed by atoms with Gasteiger partial charge in [0.05, 0.1) is 34.9 Å². The Kier molecular flexibility index (Phi) is 6.57. The molecule has 0 spiro atoms. The van der Waals surface area contributed by atoms with Crippen molar-refractivity contribution in [3.05, 3.63) is 48.2 Å². The van der Waals surface area contributed by atoms with Crippen molar-refractivity contribution in [3.63, 3.8) is 0 Å². The normalized spacial score (nSPS) is 18.3. The van der Waals surface area contributed by atoms with Gasteiger partial charge in [-0.25, -0.2) is 8.91 Å². The molecule has 3 heterocycles. The Balaban J connectivity index is 1.58. The summed E-state index contributed by atoms with van der Waals surface area (Å²) >= 11 is 0. The van der Waals surface area contributed by atoms with E-state index in [0.717, 1.165) is 36.8 Å². The van der Waals surface area contributed by atoms with E-state index in [1.807, 2.05) is 26.1 Å². The topological polar surface area (TPSA) is 100 Å². The summed E-state index contributed by atoms with van der Waals surface area (Å²) in [5, 5.41) is 13.9.